The van der Waals surface area contributed by atoms with Crippen molar-refractivity contribution in [1.29, 1.82) is 0 Å². The van der Waals surface area contributed by atoms with E-state index in [2.05, 4.69) is 22.5 Å². The van der Waals surface area contributed by atoms with Crippen LogP contribution in [0.4, 0.5) is 0 Å². The smallest absolute Gasteiger partial charge is 0.382 e. The maximum Gasteiger partial charge on any atom is 0.382 e. The molecule has 0 saturated carbocycles. The maximum atomic E-state index is 12.6. The number of fused-ring (bicyclic) bond motifs is 3. The van der Waals surface area contributed by atoms with Gasteiger partial charge in [0.25, 0.3) is 5.91 Å². The zero-order valence-corrected chi connectivity index (χ0v) is 13.7. The molecular weight excluding hydrogens is 324 g/mol. The summed E-state index contributed by atoms with van der Waals surface area (Å²) in [5.41, 5.74) is 1.23. The number of carboxylic acid groups (broad SMARTS) is 1. The van der Waals surface area contributed by atoms with E-state index in [1.807, 2.05) is 17.5 Å². The molecular formula is C18H16N2O3S. The van der Waals surface area contributed by atoms with Crippen LogP contribution in [-0.4, -0.2) is 35.1 Å². The summed E-state index contributed by atoms with van der Waals surface area (Å²) in [4.78, 5) is 23.2. The molecule has 2 aromatic rings. The molecule has 0 unspecified atom stereocenters. The van der Waals surface area contributed by atoms with Crippen LogP contribution in [0.15, 0.2) is 23.6 Å². The first-order valence-corrected chi connectivity index (χ1v) is 8.81. The average Bonchev–Trinajstić information content (AvgIpc) is 3.27. The number of hydrogen-bond acceptors (Lipinski definition) is 4. The molecule has 1 amide bonds. The van der Waals surface area contributed by atoms with E-state index in [0.717, 1.165) is 22.9 Å². The van der Waals surface area contributed by atoms with Gasteiger partial charge in [0.2, 0.25) is 0 Å². The van der Waals surface area contributed by atoms with E-state index >= 15 is 0 Å². The molecule has 0 radical (unpaired) electrons. The predicted molar refractivity (Wildman–Crippen MR) is 92.2 cm³/mol. The number of thiophene rings is 1. The third-order valence-corrected chi connectivity index (χ3v) is 5.72. The molecule has 4 rings (SSSR count). The van der Waals surface area contributed by atoms with Gasteiger partial charge in [0.15, 0.2) is 0 Å². The van der Waals surface area contributed by atoms with Gasteiger partial charge in [0, 0.05) is 50.6 Å². The molecule has 0 aliphatic carbocycles. The van der Waals surface area contributed by atoms with Crippen molar-refractivity contribution < 1.29 is 14.7 Å². The summed E-state index contributed by atoms with van der Waals surface area (Å²) in [7, 11) is 0. The van der Waals surface area contributed by atoms with Gasteiger partial charge < -0.3 is 15.7 Å². The highest BCUT2D eigenvalue weighted by molar-refractivity contribution is 7.17. The van der Waals surface area contributed by atoms with E-state index in [9.17, 15) is 9.59 Å². The second kappa shape index (κ2) is 5.93. The zero-order valence-electron chi connectivity index (χ0n) is 12.8. The molecule has 6 heteroatoms. The second-order valence-electron chi connectivity index (χ2n) is 6.28. The zero-order chi connectivity index (χ0) is 16.7. The van der Waals surface area contributed by atoms with Gasteiger partial charge in [-0.15, -0.1) is 11.3 Å². The van der Waals surface area contributed by atoms with E-state index in [0.29, 0.717) is 23.2 Å². The van der Waals surface area contributed by atoms with Crippen LogP contribution in [0.5, 0.6) is 0 Å². The molecule has 2 aliphatic rings. The highest BCUT2D eigenvalue weighted by Gasteiger charge is 2.39. The normalized spacial score (nSPS) is 24.6. The van der Waals surface area contributed by atoms with Crippen molar-refractivity contribution in [2.24, 2.45) is 0 Å². The number of hydrogen-bond donors (Lipinski definition) is 3. The van der Waals surface area contributed by atoms with Crippen LogP contribution in [0, 0.1) is 11.8 Å². The molecule has 5 nitrogen and oxygen atoms in total. The van der Waals surface area contributed by atoms with Crippen molar-refractivity contribution in [3.05, 3.63) is 34.7 Å². The van der Waals surface area contributed by atoms with Gasteiger partial charge in [-0.25, -0.2) is 4.79 Å². The second-order valence-corrected chi connectivity index (χ2v) is 7.19. The lowest BCUT2D eigenvalue weighted by Crippen LogP contribution is -2.42. The van der Waals surface area contributed by atoms with Crippen molar-refractivity contribution in [2.75, 3.05) is 0 Å². The van der Waals surface area contributed by atoms with Gasteiger partial charge in [-0.05, 0) is 37.5 Å². The Morgan fingerprint density at radius 2 is 2.21 bits per heavy atom. The van der Waals surface area contributed by atoms with Gasteiger partial charge in [-0.2, -0.15) is 0 Å². The Hall–Kier alpha value is -2.36. The number of benzene rings is 1. The Morgan fingerprint density at radius 1 is 1.33 bits per heavy atom. The van der Waals surface area contributed by atoms with Crippen molar-refractivity contribution in [2.45, 2.75) is 37.4 Å². The van der Waals surface area contributed by atoms with E-state index in [1.165, 1.54) is 17.8 Å². The highest BCUT2D eigenvalue weighted by Crippen LogP contribution is 2.29. The van der Waals surface area contributed by atoms with Gasteiger partial charge in [-0.1, -0.05) is 5.92 Å². The number of carbonyl (C=O) groups excluding carboxylic acids is 1. The summed E-state index contributed by atoms with van der Waals surface area (Å²) < 4.78 is 0.989. The number of carboxylic acids is 1. The SMILES string of the molecule is O=C(O)C#Cc1csc2ccc(C(=O)N[C@@H]3C[C@H]4CC[C@@H]3N4)cc12. The number of nitrogens with one attached hydrogen (secondary N) is 2. The van der Waals surface area contributed by atoms with Crippen molar-refractivity contribution in [1.82, 2.24) is 10.6 Å². The van der Waals surface area contributed by atoms with Crippen molar-refractivity contribution in [3.8, 4) is 11.8 Å². The molecule has 2 fully saturated rings. The lowest BCUT2D eigenvalue weighted by atomic mass is 9.95. The molecule has 24 heavy (non-hydrogen) atoms. The Kier molecular flexibility index (Phi) is 3.75. The Balaban J connectivity index is 1.58. The predicted octanol–water partition coefficient (Wildman–Crippen LogP) is 1.96. The van der Waals surface area contributed by atoms with E-state index in [-0.39, 0.29) is 11.9 Å². The first-order chi connectivity index (χ1) is 11.6. The van der Waals surface area contributed by atoms with Crippen LogP contribution >= 0.6 is 11.3 Å². The van der Waals surface area contributed by atoms with Gasteiger partial charge in [0.1, 0.15) is 0 Å². The monoisotopic (exact) mass is 340 g/mol. The molecule has 1 aromatic heterocycles. The van der Waals surface area contributed by atoms with E-state index < -0.39 is 5.97 Å². The van der Waals surface area contributed by atoms with Gasteiger partial charge in [0.05, 0.1) is 0 Å². The van der Waals surface area contributed by atoms with Crippen molar-refractivity contribution >= 4 is 33.3 Å². The molecule has 3 atom stereocenters. The third-order valence-electron chi connectivity index (χ3n) is 4.76. The number of aliphatic carboxylic acids is 1. The largest absolute Gasteiger partial charge is 0.472 e. The van der Waals surface area contributed by atoms with Crippen LogP contribution in [-0.2, 0) is 4.79 Å². The first-order valence-electron chi connectivity index (χ1n) is 7.93. The fourth-order valence-electron chi connectivity index (χ4n) is 3.62. The summed E-state index contributed by atoms with van der Waals surface area (Å²) in [6, 6.07) is 6.62. The quantitative estimate of drug-likeness (QED) is 0.730. The standard InChI is InChI=1S/C18H16N2O3S/c21-17(22)6-2-11-9-24-16-5-1-10(7-13(11)16)18(23)20-15-8-12-3-4-14(15)19-12/h1,5,7,9,12,14-15,19H,3-4,8H2,(H,20,23)(H,21,22)/t12-,14+,15-/m1/s1. The van der Waals surface area contributed by atoms with Gasteiger partial charge >= 0.3 is 5.97 Å². The summed E-state index contributed by atoms with van der Waals surface area (Å²) in [6.45, 7) is 0. The maximum absolute atomic E-state index is 12.6. The molecule has 2 bridgehead atoms. The average molecular weight is 340 g/mol. The lowest BCUT2D eigenvalue weighted by Gasteiger charge is -2.21. The number of amides is 1. The van der Waals surface area contributed by atoms with Crippen LogP contribution in [0.2, 0.25) is 0 Å². The Labute approximate surface area is 143 Å². The molecule has 2 saturated heterocycles. The Bertz CT molecular complexity index is 893. The molecule has 3 N–H and O–H groups in total. The first kappa shape index (κ1) is 15.2. The highest BCUT2D eigenvalue weighted by atomic mass is 32.1. The molecule has 1 aromatic carbocycles. The minimum atomic E-state index is -1.16. The van der Waals surface area contributed by atoms with Crippen molar-refractivity contribution in [3.63, 3.8) is 0 Å². The molecule has 0 spiro atoms. The lowest BCUT2D eigenvalue weighted by molar-refractivity contribution is -0.130. The summed E-state index contributed by atoms with van der Waals surface area (Å²) in [6.07, 6.45) is 3.31. The third kappa shape index (κ3) is 2.77. The van der Waals surface area contributed by atoms with Crippen LogP contribution < -0.4 is 10.6 Å². The van der Waals surface area contributed by atoms with E-state index in [1.54, 1.807) is 6.07 Å². The van der Waals surface area contributed by atoms with Gasteiger partial charge in [-0.3, -0.25) is 4.79 Å². The topological polar surface area (TPSA) is 78.4 Å². The minimum absolute atomic E-state index is 0.0837. The summed E-state index contributed by atoms with van der Waals surface area (Å²) in [5, 5.41) is 18.0. The van der Waals surface area contributed by atoms with Crippen LogP contribution in [0.1, 0.15) is 35.2 Å². The fraction of sp³-hybridized carbons (Fsp3) is 0.333. The molecule has 2 aliphatic heterocycles. The summed E-state index contributed by atoms with van der Waals surface area (Å²) >= 11 is 1.49. The van der Waals surface area contributed by atoms with Crippen LogP contribution in [0.3, 0.4) is 0 Å². The molecule has 3 heterocycles. The Morgan fingerprint density at radius 3 is 2.92 bits per heavy atom. The van der Waals surface area contributed by atoms with Crippen LogP contribution in [0.25, 0.3) is 10.1 Å². The minimum Gasteiger partial charge on any atom is -0.472 e. The number of rotatable bonds is 2. The fourth-order valence-corrected chi connectivity index (χ4v) is 4.50. The van der Waals surface area contributed by atoms with E-state index in [4.69, 9.17) is 5.11 Å². The summed E-state index contributed by atoms with van der Waals surface area (Å²) in [5.74, 6) is 3.53. The molecule has 122 valence electrons. The number of carbonyl (C=O) groups is 2.